The first-order valence-corrected chi connectivity index (χ1v) is 7.32. The van der Waals surface area contributed by atoms with E-state index in [2.05, 4.69) is 17.2 Å². The van der Waals surface area contributed by atoms with E-state index in [-0.39, 0.29) is 11.8 Å². The van der Waals surface area contributed by atoms with Crippen molar-refractivity contribution in [1.82, 2.24) is 15.2 Å². The zero-order chi connectivity index (χ0) is 13.1. The summed E-state index contributed by atoms with van der Waals surface area (Å²) >= 11 is 1.71. The molecule has 2 heterocycles. The van der Waals surface area contributed by atoms with Gasteiger partial charge >= 0.3 is 0 Å². The van der Waals surface area contributed by atoms with E-state index in [1.807, 2.05) is 18.7 Å². The minimum Gasteiger partial charge on any atom is -0.340 e. The first-order valence-electron chi connectivity index (χ1n) is 6.50. The topological polar surface area (TPSA) is 45.2 Å². The lowest BCUT2D eigenvalue weighted by atomic mass is 10.1. The number of nitrogens with zero attached hydrogens (tertiary/aromatic N) is 2. The van der Waals surface area contributed by atoms with Crippen molar-refractivity contribution in [3.05, 3.63) is 15.6 Å². The van der Waals surface area contributed by atoms with Crippen LogP contribution in [0.3, 0.4) is 0 Å². The van der Waals surface area contributed by atoms with E-state index in [0.717, 1.165) is 43.3 Å². The maximum atomic E-state index is 12.3. The Bertz CT molecular complexity index is 404. The predicted molar refractivity (Wildman–Crippen MR) is 73.9 cm³/mol. The highest BCUT2D eigenvalue weighted by molar-refractivity contribution is 7.11. The van der Waals surface area contributed by atoms with Crippen LogP contribution in [0.25, 0.3) is 0 Å². The van der Waals surface area contributed by atoms with Gasteiger partial charge in [-0.25, -0.2) is 4.98 Å². The van der Waals surface area contributed by atoms with Crippen molar-refractivity contribution in [2.24, 2.45) is 5.92 Å². The molecular weight excluding hydrogens is 246 g/mol. The summed E-state index contributed by atoms with van der Waals surface area (Å²) in [5.41, 5.74) is 1.09. The lowest BCUT2D eigenvalue weighted by Crippen LogP contribution is -2.48. The molecule has 2 rings (SSSR count). The monoisotopic (exact) mass is 267 g/mol. The standard InChI is InChI=1S/C13H21N3OS/c1-9(8-12-15-10(2)11(3)18-12)13(17)16-6-4-14-5-7-16/h9,14H,4-8H2,1-3H3. The van der Waals surface area contributed by atoms with Crippen LogP contribution < -0.4 is 5.32 Å². The molecular formula is C13H21N3OS. The minimum absolute atomic E-state index is 0.0352. The Hall–Kier alpha value is -0.940. The third kappa shape index (κ3) is 3.09. The fourth-order valence-electron chi connectivity index (χ4n) is 2.17. The van der Waals surface area contributed by atoms with Crippen LogP contribution in [0.2, 0.25) is 0 Å². The van der Waals surface area contributed by atoms with Gasteiger partial charge < -0.3 is 10.2 Å². The van der Waals surface area contributed by atoms with E-state index in [1.54, 1.807) is 11.3 Å². The molecule has 1 amide bonds. The Labute approximate surface area is 112 Å². The number of amides is 1. The second-order valence-corrected chi connectivity index (χ2v) is 6.22. The molecule has 0 radical (unpaired) electrons. The summed E-state index contributed by atoms with van der Waals surface area (Å²) in [6.45, 7) is 9.61. The highest BCUT2D eigenvalue weighted by atomic mass is 32.1. The molecule has 1 unspecified atom stereocenters. The van der Waals surface area contributed by atoms with Gasteiger partial charge in [0, 0.05) is 43.4 Å². The van der Waals surface area contributed by atoms with Crippen molar-refractivity contribution in [3.63, 3.8) is 0 Å². The molecule has 1 saturated heterocycles. The van der Waals surface area contributed by atoms with Crippen LogP contribution in [0.1, 0.15) is 22.5 Å². The van der Waals surface area contributed by atoms with E-state index in [0.29, 0.717) is 0 Å². The van der Waals surface area contributed by atoms with Crippen LogP contribution in [0.4, 0.5) is 0 Å². The molecule has 0 bridgehead atoms. The zero-order valence-corrected chi connectivity index (χ0v) is 12.1. The van der Waals surface area contributed by atoms with Gasteiger partial charge in [-0.3, -0.25) is 4.79 Å². The number of hydrogen-bond acceptors (Lipinski definition) is 4. The SMILES string of the molecule is Cc1nc(CC(C)C(=O)N2CCNCC2)sc1C. The third-order valence-electron chi connectivity index (χ3n) is 3.40. The van der Waals surface area contributed by atoms with Gasteiger partial charge in [-0.15, -0.1) is 11.3 Å². The normalized spacial score (nSPS) is 17.8. The highest BCUT2D eigenvalue weighted by Gasteiger charge is 2.23. The molecule has 1 aromatic rings. The summed E-state index contributed by atoms with van der Waals surface area (Å²) in [5.74, 6) is 0.301. The lowest BCUT2D eigenvalue weighted by molar-refractivity contribution is -0.135. The minimum atomic E-state index is 0.0352. The number of aryl methyl sites for hydroxylation is 2. The largest absolute Gasteiger partial charge is 0.340 e. The average molecular weight is 267 g/mol. The fourth-order valence-corrected chi connectivity index (χ4v) is 3.24. The summed E-state index contributed by atoms with van der Waals surface area (Å²) in [7, 11) is 0. The van der Waals surface area contributed by atoms with Crippen LogP contribution in [0.5, 0.6) is 0 Å². The molecule has 0 saturated carbocycles. The number of carbonyl (C=O) groups is 1. The number of carbonyl (C=O) groups excluding carboxylic acids is 1. The molecule has 0 aromatic carbocycles. The molecule has 1 aromatic heterocycles. The third-order valence-corrected chi connectivity index (χ3v) is 4.50. The van der Waals surface area contributed by atoms with Gasteiger partial charge in [0.05, 0.1) is 10.7 Å². The predicted octanol–water partition coefficient (Wildman–Crippen LogP) is 1.37. The molecule has 0 aliphatic carbocycles. The van der Waals surface area contributed by atoms with Crippen molar-refractivity contribution in [2.45, 2.75) is 27.2 Å². The second-order valence-electron chi connectivity index (χ2n) is 4.93. The number of rotatable bonds is 3. The van der Waals surface area contributed by atoms with Crippen molar-refractivity contribution >= 4 is 17.2 Å². The van der Waals surface area contributed by atoms with Crippen LogP contribution in [0, 0.1) is 19.8 Å². The van der Waals surface area contributed by atoms with Gasteiger partial charge in [0.25, 0.3) is 0 Å². The number of hydrogen-bond donors (Lipinski definition) is 1. The summed E-state index contributed by atoms with van der Waals surface area (Å²) in [4.78, 5) is 20.0. The van der Waals surface area contributed by atoms with Crippen LogP contribution in [-0.4, -0.2) is 42.0 Å². The zero-order valence-electron chi connectivity index (χ0n) is 11.3. The maximum Gasteiger partial charge on any atom is 0.225 e. The summed E-state index contributed by atoms with van der Waals surface area (Å²) < 4.78 is 0. The van der Waals surface area contributed by atoms with Crippen molar-refractivity contribution < 1.29 is 4.79 Å². The van der Waals surface area contributed by atoms with Gasteiger partial charge in [0.2, 0.25) is 5.91 Å². The van der Waals surface area contributed by atoms with Gasteiger partial charge in [-0.2, -0.15) is 0 Å². The first-order chi connectivity index (χ1) is 8.58. The number of nitrogens with one attached hydrogen (secondary N) is 1. The van der Waals surface area contributed by atoms with E-state index in [9.17, 15) is 4.79 Å². The Morgan fingerprint density at radius 2 is 2.11 bits per heavy atom. The van der Waals surface area contributed by atoms with E-state index < -0.39 is 0 Å². The molecule has 1 aliphatic heterocycles. The molecule has 1 aliphatic rings. The van der Waals surface area contributed by atoms with Crippen LogP contribution in [-0.2, 0) is 11.2 Å². The Morgan fingerprint density at radius 3 is 2.67 bits per heavy atom. The summed E-state index contributed by atoms with van der Waals surface area (Å²) in [5, 5.41) is 4.35. The van der Waals surface area contributed by atoms with Crippen LogP contribution >= 0.6 is 11.3 Å². The maximum absolute atomic E-state index is 12.3. The van der Waals surface area contributed by atoms with E-state index in [1.165, 1.54) is 4.88 Å². The van der Waals surface area contributed by atoms with Crippen molar-refractivity contribution in [1.29, 1.82) is 0 Å². The average Bonchev–Trinajstić information content (AvgIpc) is 2.68. The molecule has 100 valence electrons. The Morgan fingerprint density at radius 1 is 1.44 bits per heavy atom. The first kappa shape index (κ1) is 13.5. The Kier molecular flexibility index (Phi) is 4.35. The van der Waals surface area contributed by atoms with E-state index in [4.69, 9.17) is 0 Å². The molecule has 1 atom stereocenters. The molecule has 1 N–H and O–H groups in total. The number of thiazole rings is 1. The van der Waals surface area contributed by atoms with Crippen molar-refractivity contribution in [3.8, 4) is 0 Å². The summed E-state index contributed by atoms with van der Waals surface area (Å²) in [6.07, 6.45) is 0.766. The van der Waals surface area contributed by atoms with Crippen molar-refractivity contribution in [2.75, 3.05) is 26.2 Å². The summed E-state index contributed by atoms with van der Waals surface area (Å²) in [6, 6.07) is 0. The highest BCUT2D eigenvalue weighted by Crippen LogP contribution is 2.20. The Balaban J connectivity index is 1.94. The lowest BCUT2D eigenvalue weighted by Gasteiger charge is -2.29. The second kappa shape index (κ2) is 5.80. The van der Waals surface area contributed by atoms with Gasteiger partial charge in [0.1, 0.15) is 0 Å². The molecule has 1 fully saturated rings. The molecule has 4 nitrogen and oxygen atoms in total. The van der Waals surface area contributed by atoms with Gasteiger partial charge in [-0.1, -0.05) is 6.92 Å². The number of aromatic nitrogens is 1. The molecule has 0 spiro atoms. The quantitative estimate of drug-likeness (QED) is 0.899. The number of piperazine rings is 1. The molecule has 18 heavy (non-hydrogen) atoms. The molecule has 5 heteroatoms. The fraction of sp³-hybridized carbons (Fsp3) is 0.692. The van der Waals surface area contributed by atoms with Gasteiger partial charge in [-0.05, 0) is 13.8 Å². The van der Waals surface area contributed by atoms with E-state index >= 15 is 0 Å². The van der Waals surface area contributed by atoms with Crippen LogP contribution in [0.15, 0.2) is 0 Å². The van der Waals surface area contributed by atoms with Gasteiger partial charge in [0.15, 0.2) is 0 Å². The smallest absolute Gasteiger partial charge is 0.225 e.